The number of ether oxygens (including phenoxy) is 1. The molecule has 1 rings (SSSR count). The number of halogens is 3. The molecule has 0 radical (unpaired) electrons. The second-order valence-electron chi connectivity index (χ2n) is 2.81. The van der Waals surface area contributed by atoms with E-state index in [9.17, 15) is 0 Å². The minimum absolute atomic E-state index is 0.200. The maximum absolute atomic E-state index is 6.25. The zero-order valence-electron chi connectivity index (χ0n) is 7.05. The molecule has 0 amide bonds. The van der Waals surface area contributed by atoms with Gasteiger partial charge in [0.25, 0.3) is 0 Å². The van der Waals surface area contributed by atoms with E-state index in [2.05, 4.69) is 15.9 Å². The van der Waals surface area contributed by atoms with Crippen LogP contribution in [0, 0.1) is 0 Å². The van der Waals surface area contributed by atoms with Gasteiger partial charge in [0.15, 0.2) is 0 Å². The van der Waals surface area contributed by atoms with E-state index >= 15 is 0 Å². The molecule has 0 fully saturated rings. The van der Waals surface area contributed by atoms with E-state index in [4.69, 9.17) is 27.9 Å². The van der Waals surface area contributed by atoms with Gasteiger partial charge >= 0.3 is 0 Å². The smallest absolute Gasteiger partial charge is 0.106 e. The largest absolute Gasteiger partial charge is 0.378 e. The lowest BCUT2D eigenvalue weighted by Crippen LogP contribution is -2.36. The fraction of sp³-hybridized carbons (Fsp3) is 0.556. The van der Waals surface area contributed by atoms with Crippen LogP contribution in [0.25, 0.3) is 0 Å². The van der Waals surface area contributed by atoms with Gasteiger partial charge in [-0.1, -0.05) is 40.2 Å². The molecule has 74 valence electrons. The summed E-state index contributed by atoms with van der Waals surface area (Å²) < 4.78 is 5.35. The summed E-state index contributed by atoms with van der Waals surface area (Å²) in [4.78, 5) is -0.585. The number of rotatable bonds is 4. The summed E-state index contributed by atoms with van der Waals surface area (Å²) in [6.45, 7) is 1.09. The topological polar surface area (TPSA) is 9.23 Å². The third-order valence-corrected chi connectivity index (χ3v) is 3.21. The highest BCUT2D eigenvalue weighted by Gasteiger charge is 2.33. The van der Waals surface area contributed by atoms with E-state index < -0.39 is 4.87 Å². The van der Waals surface area contributed by atoms with Crippen LogP contribution < -0.4 is 0 Å². The number of hydrogen-bond acceptors (Lipinski definition) is 1. The van der Waals surface area contributed by atoms with Gasteiger partial charge in [0.1, 0.15) is 4.87 Å². The third-order valence-electron chi connectivity index (χ3n) is 1.77. The Morgan fingerprint density at radius 3 is 2.85 bits per heavy atom. The Balaban J connectivity index is 2.45. The molecule has 0 aromatic heterocycles. The van der Waals surface area contributed by atoms with Crippen molar-refractivity contribution in [2.45, 2.75) is 10.3 Å². The first-order chi connectivity index (χ1) is 6.19. The maximum atomic E-state index is 6.25. The third kappa shape index (κ3) is 3.28. The van der Waals surface area contributed by atoms with Gasteiger partial charge < -0.3 is 4.74 Å². The molecule has 2 unspecified atom stereocenters. The summed E-state index contributed by atoms with van der Waals surface area (Å²) in [6.07, 6.45) is 7.53. The Bertz CT molecular complexity index is 218. The Morgan fingerprint density at radius 2 is 2.23 bits per heavy atom. The summed E-state index contributed by atoms with van der Waals surface area (Å²) >= 11 is 15.6. The Kier molecular flexibility index (Phi) is 4.81. The lowest BCUT2D eigenvalue weighted by atomic mass is 10.0. The predicted molar refractivity (Wildman–Crippen MR) is 61.1 cm³/mol. The first kappa shape index (κ1) is 11.6. The van der Waals surface area contributed by atoms with Crippen molar-refractivity contribution >= 4 is 39.1 Å². The molecule has 0 aromatic carbocycles. The summed E-state index contributed by atoms with van der Waals surface area (Å²) in [5.41, 5.74) is 0. The first-order valence-corrected chi connectivity index (χ1v) is 5.95. The van der Waals surface area contributed by atoms with Gasteiger partial charge in [0.05, 0.1) is 18.6 Å². The van der Waals surface area contributed by atoms with E-state index in [0.29, 0.717) is 13.2 Å². The normalized spacial score (nSPS) is 32.4. The number of allylic oxidation sites excluding steroid dienone is 3. The van der Waals surface area contributed by atoms with Gasteiger partial charge in [-0.05, 0) is 0 Å². The predicted octanol–water partition coefficient (Wildman–Crippen LogP) is 3.11. The van der Waals surface area contributed by atoms with Crippen LogP contribution in [0.15, 0.2) is 24.3 Å². The van der Waals surface area contributed by atoms with Crippen molar-refractivity contribution in [1.82, 2.24) is 0 Å². The monoisotopic (exact) mass is 284 g/mol. The van der Waals surface area contributed by atoms with E-state index in [-0.39, 0.29) is 5.38 Å². The van der Waals surface area contributed by atoms with Gasteiger partial charge in [0.2, 0.25) is 0 Å². The van der Waals surface area contributed by atoms with Gasteiger partial charge in [0, 0.05) is 5.33 Å². The molecule has 1 nitrogen and oxygen atoms in total. The zero-order chi connectivity index (χ0) is 9.73. The molecule has 0 aliphatic heterocycles. The van der Waals surface area contributed by atoms with Crippen molar-refractivity contribution in [3.8, 4) is 0 Å². The van der Waals surface area contributed by atoms with Gasteiger partial charge in [-0.25, -0.2) is 0 Å². The van der Waals surface area contributed by atoms with Crippen molar-refractivity contribution in [3.05, 3.63) is 24.3 Å². The maximum Gasteiger partial charge on any atom is 0.106 e. The molecule has 1 aliphatic rings. The second-order valence-corrected chi connectivity index (χ2v) is 4.78. The summed E-state index contributed by atoms with van der Waals surface area (Å²) in [5, 5.41) is 0.612. The Hall–Kier alpha value is 0.500. The van der Waals surface area contributed by atoms with Crippen molar-refractivity contribution in [3.63, 3.8) is 0 Å². The highest BCUT2D eigenvalue weighted by Crippen LogP contribution is 2.30. The highest BCUT2D eigenvalue weighted by molar-refractivity contribution is 9.09. The van der Waals surface area contributed by atoms with Crippen LogP contribution in [-0.2, 0) is 4.74 Å². The van der Waals surface area contributed by atoms with Crippen LogP contribution in [0.3, 0.4) is 0 Å². The minimum Gasteiger partial charge on any atom is -0.378 e. The molecular weight excluding hydrogens is 275 g/mol. The SMILES string of the molecule is ClC1C=CC=CC1(Cl)COCCBr. The van der Waals surface area contributed by atoms with Crippen molar-refractivity contribution in [1.29, 1.82) is 0 Å². The van der Waals surface area contributed by atoms with Gasteiger partial charge in [-0.2, -0.15) is 0 Å². The van der Waals surface area contributed by atoms with Crippen molar-refractivity contribution in [2.24, 2.45) is 0 Å². The molecule has 0 N–H and O–H groups in total. The Morgan fingerprint density at radius 1 is 1.46 bits per heavy atom. The van der Waals surface area contributed by atoms with Gasteiger partial charge in [-0.15, -0.1) is 23.2 Å². The Labute approximate surface area is 96.9 Å². The van der Waals surface area contributed by atoms with Crippen LogP contribution in [0.5, 0.6) is 0 Å². The first-order valence-electron chi connectivity index (χ1n) is 4.02. The van der Waals surface area contributed by atoms with E-state index in [1.807, 2.05) is 24.3 Å². The highest BCUT2D eigenvalue weighted by atomic mass is 79.9. The lowest BCUT2D eigenvalue weighted by molar-refractivity contribution is 0.136. The number of alkyl halides is 3. The van der Waals surface area contributed by atoms with Crippen molar-refractivity contribution in [2.75, 3.05) is 18.5 Å². The number of hydrogen-bond donors (Lipinski definition) is 0. The van der Waals surface area contributed by atoms with Crippen LogP contribution in [-0.4, -0.2) is 28.8 Å². The fourth-order valence-electron chi connectivity index (χ4n) is 1.04. The van der Waals surface area contributed by atoms with E-state index in [1.54, 1.807) is 0 Å². The fourth-order valence-corrected chi connectivity index (χ4v) is 1.71. The van der Waals surface area contributed by atoms with E-state index in [1.165, 1.54) is 0 Å². The average molecular weight is 286 g/mol. The standard InChI is InChI=1S/C9H11BrCl2O/c10-5-6-13-7-9(12)4-2-1-3-8(9)11/h1-4,8H,5-7H2. The molecule has 4 heteroatoms. The molecule has 0 aromatic rings. The molecule has 0 saturated carbocycles. The van der Waals surface area contributed by atoms with Crippen LogP contribution >= 0.6 is 39.1 Å². The molecule has 2 atom stereocenters. The summed E-state index contributed by atoms with van der Waals surface area (Å²) in [5.74, 6) is 0. The van der Waals surface area contributed by atoms with Crippen LogP contribution in [0.1, 0.15) is 0 Å². The van der Waals surface area contributed by atoms with Crippen LogP contribution in [0.2, 0.25) is 0 Å². The van der Waals surface area contributed by atoms with Gasteiger partial charge in [-0.3, -0.25) is 0 Å². The molecule has 0 spiro atoms. The summed E-state index contributed by atoms with van der Waals surface area (Å²) in [7, 11) is 0. The minimum atomic E-state index is -0.585. The molecular formula is C9H11BrCl2O. The molecule has 0 bridgehead atoms. The molecule has 13 heavy (non-hydrogen) atoms. The molecule has 1 aliphatic carbocycles. The average Bonchev–Trinajstić information content (AvgIpc) is 2.11. The zero-order valence-corrected chi connectivity index (χ0v) is 10.1. The lowest BCUT2D eigenvalue weighted by Gasteiger charge is -2.28. The molecule has 0 saturated heterocycles. The van der Waals surface area contributed by atoms with Crippen LogP contribution in [0.4, 0.5) is 0 Å². The molecule has 0 heterocycles. The summed E-state index contributed by atoms with van der Waals surface area (Å²) in [6, 6.07) is 0. The van der Waals surface area contributed by atoms with Crippen molar-refractivity contribution < 1.29 is 4.74 Å². The quantitative estimate of drug-likeness (QED) is 0.570. The van der Waals surface area contributed by atoms with E-state index in [0.717, 1.165) is 5.33 Å². The second kappa shape index (κ2) is 5.40.